The number of carbonyl (C=O) groups excluding carboxylic acids is 1. The van der Waals surface area contributed by atoms with Crippen molar-refractivity contribution >= 4 is 5.97 Å². The van der Waals surface area contributed by atoms with Crippen LogP contribution in [0.3, 0.4) is 0 Å². The third-order valence-electron chi connectivity index (χ3n) is 1.87. The topological polar surface area (TPSA) is 38.8 Å². The van der Waals surface area contributed by atoms with Gasteiger partial charge in [-0.3, -0.25) is 0 Å². The highest BCUT2D eigenvalue weighted by Gasteiger charge is 2.58. The van der Waals surface area contributed by atoms with Crippen molar-refractivity contribution in [3.05, 3.63) is 0 Å². The molecule has 2 unspecified atom stereocenters. The lowest BCUT2D eigenvalue weighted by Crippen LogP contribution is -2.24. The van der Waals surface area contributed by atoms with Crippen LogP contribution < -0.4 is 0 Å². The minimum absolute atomic E-state index is 0.0247. The van der Waals surface area contributed by atoms with Crippen molar-refractivity contribution in [3.8, 4) is 12.5 Å². The molecule has 0 bridgehead atoms. The predicted molar refractivity (Wildman–Crippen MR) is 38.5 cm³/mol. The first-order chi connectivity index (χ1) is 5.15. The molecule has 1 aliphatic heterocycles. The Kier molecular flexibility index (Phi) is 1.88. The van der Waals surface area contributed by atoms with Gasteiger partial charge in [0.25, 0.3) is 0 Å². The molecule has 1 aliphatic rings. The molecule has 0 N–H and O–H groups in total. The SMILES string of the molecule is C#COC(=O)C1(C)OC1CC. The third kappa shape index (κ3) is 1.22. The lowest BCUT2D eigenvalue weighted by atomic mass is 10.1. The quantitative estimate of drug-likeness (QED) is 0.333. The molecule has 1 heterocycles. The lowest BCUT2D eigenvalue weighted by Gasteiger charge is -1.99. The minimum Gasteiger partial charge on any atom is -0.370 e. The summed E-state index contributed by atoms with van der Waals surface area (Å²) in [5, 5.41) is 0. The van der Waals surface area contributed by atoms with Gasteiger partial charge in [0.2, 0.25) is 0 Å². The molecule has 1 fully saturated rings. The van der Waals surface area contributed by atoms with Gasteiger partial charge in [0, 0.05) is 0 Å². The van der Waals surface area contributed by atoms with Crippen molar-refractivity contribution in [2.24, 2.45) is 0 Å². The van der Waals surface area contributed by atoms with Crippen LogP contribution in [-0.2, 0) is 14.3 Å². The van der Waals surface area contributed by atoms with Crippen LogP contribution >= 0.6 is 0 Å². The fraction of sp³-hybridized carbons (Fsp3) is 0.625. The molecular weight excluding hydrogens is 144 g/mol. The second-order valence-electron chi connectivity index (χ2n) is 2.63. The van der Waals surface area contributed by atoms with Gasteiger partial charge in [-0.25, -0.2) is 4.79 Å². The summed E-state index contributed by atoms with van der Waals surface area (Å²) >= 11 is 0. The summed E-state index contributed by atoms with van der Waals surface area (Å²) in [5.74, 6) is -0.466. The number of rotatable bonds is 2. The minimum atomic E-state index is -0.777. The van der Waals surface area contributed by atoms with Gasteiger partial charge in [-0.1, -0.05) is 13.3 Å². The second-order valence-corrected chi connectivity index (χ2v) is 2.63. The van der Waals surface area contributed by atoms with Crippen molar-refractivity contribution in [3.63, 3.8) is 0 Å². The van der Waals surface area contributed by atoms with Crippen molar-refractivity contribution < 1.29 is 14.3 Å². The van der Waals surface area contributed by atoms with Crippen LogP contribution in [0.2, 0.25) is 0 Å². The van der Waals surface area contributed by atoms with Crippen LogP contribution in [0.25, 0.3) is 0 Å². The van der Waals surface area contributed by atoms with E-state index in [9.17, 15) is 4.79 Å². The fourth-order valence-corrected chi connectivity index (χ4v) is 1.07. The molecule has 0 saturated carbocycles. The van der Waals surface area contributed by atoms with Crippen molar-refractivity contribution in [2.45, 2.75) is 32.0 Å². The van der Waals surface area contributed by atoms with E-state index >= 15 is 0 Å². The Bertz CT molecular complexity index is 216. The average molecular weight is 154 g/mol. The third-order valence-corrected chi connectivity index (χ3v) is 1.87. The van der Waals surface area contributed by atoms with Gasteiger partial charge in [0.05, 0.1) is 6.10 Å². The number of hydrogen-bond acceptors (Lipinski definition) is 3. The Morgan fingerprint density at radius 3 is 2.91 bits per heavy atom. The zero-order valence-electron chi connectivity index (χ0n) is 6.59. The Balaban J connectivity index is 2.51. The van der Waals surface area contributed by atoms with Crippen LogP contribution in [0, 0.1) is 12.5 Å². The molecule has 0 aliphatic carbocycles. The lowest BCUT2D eigenvalue weighted by molar-refractivity contribution is -0.142. The maximum absolute atomic E-state index is 11.0. The van der Waals surface area contributed by atoms with Gasteiger partial charge < -0.3 is 9.47 Å². The summed E-state index contributed by atoms with van der Waals surface area (Å²) in [6.07, 6.45) is 7.40. The van der Waals surface area contributed by atoms with E-state index < -0.39 is 11.6 Å². The monoisotopic (exact) mass is 154 g/mol. The van der Waals surface area contributed by atoms with Gasteiger partial charge in [-0.2, -0.15) is 0 Å². The van der Waals surface area contributed by atoms with Crippen LogP contribution in [0.1, 0.15) is 20.3 Å². The summed E-state index contributed by atoms with van der Waals surface area (Å²) < 4.78 is 9.46. The van der Waals surface area contributed by atoms with Gasteiger partial charge in [0.1, 0.15) is 6.11 Å². The molecule has 11 heavy (non-hydrogen) atoms. The van der Waals surface area contributed by atoms with Gasteiger partial charge >= 0.3 is 5.97 Å². The number of ether oxygens (including phenoxy) is 2. The Labute approximate surface area is 65.7 Å². The highest BCUT2D eigenvalue weighted by atomic mass is 16.7. The average Bonchev–Trinajstić information content (AvgIpc) is 2.64. The van der Waals surface area contributed by atoms with Crippen LogP contribution in [0.5, 0.6) is 0 Å². The molecule has 1 rings (SSSR count). The molecule has 0 spiro atoms. The molecule has 3 nitrogen and oxygen atoms in total. The zero-order chi connectivity index (χ0) is 8.48. The van der Waals surface area contributed by atoms with E-state index in [1.165, 1.54) is 0 Å². The van der Waals surface area contributed by atoms with Crippen LogP contribution in [0.4, 0.5) is 0 Å². The highest BCUT2D eigenvalue weighted by molar-refractivity contribution is 5.83. The van der Waals surface area contributed by atoms with Crippen LogP contribution in [0.15, 0.2) is 0 Å². The molecule has 60 valence electrons. The molecular formula is C8H10O3. The van der Waals surface area contributed by atoms with E-state index in [0.717, 1.165) is 6.42 Å². The second kappa shape index (κ2) is 2.55. The van der Waals surface area contributed by atoms with E-state index in [1.807, 2.05) is 13.0 Å². The van der Waals surface area contributed by atoms with E-state index in [1.54, 1.807) is 6.92 Å². The number of hydrogen-bond donors (Lipinski definition) is 0. The standard InChI is InChI=1S/C8H10O3/c1-4-6-8(3,11-6)7(9)10-5-2/h2,6H,4H2,1,3H3. The largest absolute Gasteiger partial charge is 0.370 e. The van der Waals surface area contributed by atoms with E-state index in [4.69, 9.17) is 11.2 Å². The van der Waals surface area contributed by atoms with E-state index in [0.29, 0.717) is 0 Å². The maximum atomic E-state index is 11.0. The number of epoxide rings is 1. The van der Waals surface area contributed by atoms with E-state index in [-0.39, 0.29) is 6.10 Å². The van der Waals surface area contributed by atoms with Crippen LogP contribution in [-0.4, -0.2) is 17.7 Å². The first-order valence-electron chi connectivity index (χ1n) is 3.49. The Morgan fingerprint density at radius 2 is 2.55 bits per heavy atom. The summed E-state index contributed by atoms with van der Waals surface area (Å²) in [5.41, 5.74) is -0.777. The molecule has 3 heteroatoms. The normalized spacial score (nSPS) is 34.1. The molecule has 0 aromatic heterocycles. The fourth-order valence-electron chi connectivity index (χ4n) is 1.07. The molecule has 2 atom stereocenters. The van der Waals surface area contributed by atoms with Crippen molar-refractivity contribution in [1.82, 2.24) is 0 Å². The molecule has 0 amide bonds. The molecule has 0 aromatic rings. The van der Waals surface area contributed by atoms with Crippen molar-refractivity contribution in [2.75, 3.05) is 0 Å². The summed E-state index contributed by atoms with van der Waals surface area (Å²) in [4.78, 5) is 11.0. The van der Waals surface area contributed by atoms with Gasteiger partial charge in [0.15, 0.2) is 5.60 Å². The number of esters is 1. The van der Waals surface area contributed by atoms with Crippen molar-refractivity contribution in [1.29, 1.82) is 0 Å². The Morgan fingerprint density at radius 1 is 1.91 bits per heavy atom. The number of carbonyl (C=O) groups is 1. The smallest absolute Gasteiger partial charge is 0.354 e. The first-order valence-corrected chi connectivity index (χ1v) is 3.49. The Hall–Kier alpha value is -1.01. The first kappa shape index (κ1) is 8.09. The molecule has 0 aromatic carbocycles. The number of terminal acetylenes is 1. The van der Waals surface area contributed by atoms with E-state index in [2.05, 4.69) is 4.74 Å². The highest BCUT2D eigenvalue weighted by Crippen LogP contribution is 2.39. The maximum Gasteiger partial charge on any atom is 0.354 e. The molecule has 1 saturated heterocycles. The summed E-state index contributed by atoms with van der Waals surface area (Å²) in [6.45, 7) is 3.62. The zero-order valence-corrected chi connectivity index (χ0v) is 6.59. The van der Waals surface area contributed by atoms with Gasteiger partial charge in [-0.05, 0) is 13.3 Å². The summed E-state index contributed by atoms with van der Waals surface area (Å²) in [7, 11) is 0. The van der Waals surface area contributed by atoms with Gasteiger partial charge in [-0.15, -0.1) is 0 Å². The molecule has 0 radical (unpaired) electrons. The predicted octanol–water partition coefficient (Wildman–Crippen LogP) is 0.688. The summed E-state index contributed by atoms with van der Waals surface area (Å²) in [6, 6.07) is 0.